The van der Waals surface area contributed by atoms with Crippen LogP contribution in [-0.4, -0.2) is 37.0 Å². The van der Waals surface area contributed by atoms with Crippen LogP contribution in [0.5, 0.6) is 5.75 Å². The number of nitrogens with one attached hydrogen (secondary N) is 1. The first-order valence-electron chi connectivity index (χ1n) is 8.87. The molecule has 1 aromatic rings. The molecule has 132 valence electrons. The van der Waals surface area contributed by atoms with Gasteiger partial charge in [-0.25, -0.2) is 4.79 Å². The Bertz CT molecular complexity index is 606. The Balaban J connectivity index is 1.77. The maximum absolute atomic E-state index is 12.3. The minimum atomic E-state index is -0.817. The van der Waals surface area contributed by atoms with Crippen molar-refractivity contribution in [3.05, 3.63) is 29.3 Å². The molecule has 0 saturated heterocycles. The van der Waals surface area contributed by atoms with E-state index in [4.69, 9.17) is 9.47 Å². The lowest BCUT2D eigenvalue weighted by Gasteiger charge is -2.20. The number of thiol groups is 1. The number of carbonyl (C=O) groups is 1. The summed E-state index contributed by atoms with van der Waals surface area (Å²) in [5, 5.41) is 3.71. The zero-order valence-corrected chi connectivity index (χ0v) is 15.4. The van der Waals surface area contributed by atoms with Crippen molar-refractivity contribution in [3.63, 3.8) is 0 Å². The summed E-state index contributed by atoms with van der Waals surface area (Å²) in [6, 6.07) is 6.22. The number of rotatable bonds is 6. The summed E-state index contributed by atoms with van der Waals surface area (Å²) >= 11 is 4.57. The van der Waals surface area contributed by atoms with Crippen molar-refractivity contribution in [3.8, 4) is 5.75 Å². The van der Waals surface area contributed by atoms with Gasteiger partial charge in [-0.15, -0.1) is 0 Å². The van der Waals surface area contributed by atoms with Crippen molar-refractivity contribution in [2.24, 2.45) is 5.92 Å². The van der Waals surface area contributed by atoms with E-state index >= 15 is 0 Å². The first-order chi connectivity index (χ1) is 11.6. The Morgan fingerprint density at radius 1 is 1.38 bits per heavy atom. The SMILES string of the molecule is CCC(S)CC1CC1(Oc1ccc2c(c1)CCNCC2)C(=O)OC. The molecule has 1 saturated carbocycles. The van der Waals surface area contributed by atoms with Gasteiger partial charge in [-0.3, -0.25) is 0 Å². The lowest BCUT2D eigenvalue weighted by molar-refractivity contribution is -0.152. The highest BCUT2D eigenvalue weighted by atomic mass is 32.1. The predicted octanol–water partition coefficient (Wildman–Crippen LogP) is 2.78. The van der Waals surface area contributed by atoms with Gasteiger partial charge >= 0.3 is 5.97 Å². The smallest absolute Gasteiger partial charge is 0.350 e. The molecule has 5 heteroatoms. The molecule has 4 nitrogen and oxygen atoms in total. The molecule has 1 heterocycles. The van der Waals surface area contributed by atoms with Gasteiger partial charge in [0.25, 0.3) is 0 Å². The van der Waals surface area contributed by atoms with Crippen LogP contribution in [0.1, 0.15) is 37.3 Å². The minimum Gasteiger partial charge on any atom is -0.475 e. The summed E-state index contributed by atoms with van der Waals surface area (Å²) in [7, 11) is 1.43. The summed E-state index contributed by atoms with van der Waals surface area (Å²) in [6.07, 6.45) is 4.62. The standard InChI is InChI=1S/C19H27NO3S/c1-3-17(24)11-15-12-19(15,18(21)22-2)23-16-5-4-13-6-8-20-9-7-14(13)10-16/h4-5,10,15,17,20,24H,3,6-9,11-12H2,1-2H3. The van der Waals surface area contributed by atoms with Crippen molar-refractivity contribution in [2.75, 3.05) is 20.2 Å². The average Bonchev–Trinajstić information content (AvgIpc) is 3.33. The molecule has 3 unspecified atom stereocenters. The zero-order chi connectivity index (χ0) is 17.2. The van der Waals surface area contributed by atoms with Crippen LogP contribution in [0.15, 0.2) is 18.2 Å². The Hall–Kier alpha value is -1.20. The van der Waals surface area contributed by atoms with Crippen LogP contribution in [0.25, 0.3) is 0 Å². The summed E-state index contributed by atoms with van der Waals surface area (Å²) in [5.41, 5.74) is 1.87. The van der Waals surface area contributed by atoms with Crippen molar-refractivity contribution in [1.82, 2.24) is 5.32 Å². The van der Waals surface area contributed by atoms with E-state index < -0.39 is 5.60 Å². The van der Waals surface area contributed by atoms with Crippen LogP contribution in [0.2, 0.25) is 0 Å². The summed E-state index contributed by atoms with van der Waals surface area (Å²) in [6.45, 7) is 4.11. The fraction of sp³-hybridized carbons (Fsp3) is 0.632. The molecule has 1 aliphatic heterocycles. The third-order valence-corrected chi connectivity index (χ3v) is 5.80. The number of esters is 1. The molecule has 0 spiro atoms. The second-order valence-corrected chi connectivity index (χ2v) is 7.59. The van der Waals surface area contributed by atoms with Crippen molar-refractivity contribution < 1.29 is 14.3 Å². The van der Waals surface area contributed by atoms with Gasteiger partial charge in [0.1, 0.15) is 5.75 Å². The largest absolute Gasteiger partial charge is 0.475 e. The van der Waals surface area contributed by atoms with E-state index in [0.29, 0.717) is 5.25 Å². The van der Waals surface area contributed by atoms with Crippen LogP contribution in [0.4, 0.5) is 0 Å². The van der Waals surface area contributed by atoms with Gasteiger partial charge in [0.15, 0.2) is 0 Å². The van der Waals surface area contributed by atoms with Crippen LogP contribution < -0.4 is 10.1 Å². The van der Waals surface area contributed by atoms with Crippen molar-refractivity contribution >= 4 is 18.6 Å². The van der Waals surface area contributed by atoms with E-state index in [0.717, 1.165) is 50.9 Å². The number of hydrogen-bond donors (Lipinski definition) is 2. The number of methoxy groups -OCH3 is 1. The molecule has 24 heavy (non-hydrogen) atoms. The Kier molecular flexibility index (Phi) is 5.40. The molecule has 0 bridgehead atoms. The molecular formula is C19H27NO3S. The fourth-order valence-corrected chi connectivity index (χ4v) is 3.84. The third-order valence-electron chi connectivity index (χ3n) is 5.23. The van der Waals surface area contributed by atoms with E-state index in [1.54, 1.807) is 0 Å². The molecule has 1 aliphatic carbocycles. The molecule has 3 atom stereocenters. The second-order valence-electron chi connectivity index (χ2n) is 6.86. The lowest BCUT2D eigenvalue weighted by atomic mass is 10.0. The van der Waals surface area contributed by atoms with Gasteiger partial charge in [0.05, 0.1) is 7.11 Å². The Morgan fingerprint density at radius 2 is 2.12 bits per heavy atom. The Labute approximate surface area is 149 Å². The predicted molar refractivity (Wildman–Crippen MR) is 97.9 cm³/mol. The maximum Gasteiger partial charge on any atom is 0.350 e. The minimum absolute atomic E-state index is 0.188. The highest BCUT2D eigenvalue weighted by Gasteiger charge is 2.64. The van der Waals surface area contributed by atoms with E-state index in [-0.39, 0.29) is 11.9 Å². The Morgan fingerprint density at radius 3 is 2.83 bits per heavy atom. The number of carbonyl (C=O) groups excluding carboxylic acids is 1. The van der Waals surface area contributed by atoms with Crippen LogP contribution in [-0.2, 0) is 22.4 Å². The number of hydrogen-bond acceptors (Lipinski definition) is 5. The van der Waals surface area contributed by atoms with E-state index in [2.05, 4.69) is 37.0 Å². The molecule has 1 N–H and O–H groups in total. The number of ether oxygens (including phenoxy) is 2. The molecular weight excluding hydrogens is 322 g/mol. The van der Waals surface area contributed by atoms with Crippen LogP contribution >= 0.6 is 12.6 Å². The second kappa shape index (κ2) is 7.36. The molecule has 0 radical (unpaired) electrons. The first-order valence-corrected chi connectivity index (χ1v) is 9.38. The van der Waals surface area contributed by atoms with Crippen molar-refractivity contribution in [1.29, 1.82) is 0 Å². The zero-order valence-electron chi connectivity index (χ0n) is 14.5. The topological polar surface area (TPSA) is 47.6 Å². The number of fused-ring (bicyclic) bond motifs is 1. The quantitative estimate of drug-likeness (QED) is 0.612. The van der Waals surface area contributed by atoms with E-state index in [1.165, 1.54) is 18.2 Å². The van der Waals surface area contributed by atoms with Gasteiger partial charge in [0, 0.05) is 17.6 Å². The van der Waals surface area contributed by atoms with Gasteiger partial charge in [0.2, 0.25) is 5.60 Å². The van der Waals surface area contributed by atoms with Crippen LogP contribution in [0.3, 0.4) is 0 Å². The summed E-state index contributed by atoms with van der Waals surface area (Å²) in [5.74, 6) is 0.699. The van der Waals surface area contributed by atoms with E-state index in [1.807, 2.05) is 6.07 Å². The van der Waals surface area contributed by atoms with Gasteiger partial charge in [-0.2, -0.15) is 12.6 Å². The normalized spacial score (nSPS) is 26.9. The molecule has 2 aliphatic rings. The molecule has 1 fully saturated rings. The summed E-state index contributed by atoms with van der Waals surface area (Å²) in [4.78, 5) is 12.3. The summed E-state index contributed by atoms with van der Waals surface area (Å²) < 4.78 is 11.2. The average molecular weight is 349 g/mol. The highest BCUT2D eigenvalue weighted by Crippen LogP contribution is 2.51. The van der Waals surface area contributed by atoms with Gasteiger partial charge in [-0.1, -0.05) is 13.0 Å². The van der Waals surface area contributed by atoms with Crippen molar-refractivity contribution in [2.45, 2.75) is 49.9 Å². The van der Waals surface area contributed by atoms with E-state index in [9.17, 15) is 4.79 Å². The third kappa shape index (κ3) is 3.57. The highest BCUT2D eigenvalue weighted by molar-refractivity contribution is 7.80. The van der Waals surface area contributed by atoms with Gasteiger partial charge < -0.3 is 14.8 Å². The fourth-order valence-electron chi connectivity index (χ4n) is 3.59. The monoisotopic (exact) mass is 349 g/mol. The maximum atomic E-state index is 12.3. The molecule has 3 rings (SSSR count). The van der Waals surface area contributed by atoms with Crippen LogP contribution in [0, 0.1) is 5.92 Å². The van der Waals surface area contributed by atoms with Gasteiger partial charge in [-0.05, 0) is 62.0 Å². The molecule has 0 aromatic heterocycles. The molecule has 1 aromatic carbocycles. The number of benzene rings is 1. The lowest BCUT2D eigenvalue weighted by Crippen LogP contribution is -2.34. The first kappa shape index (κ1) is 17.6. The molecule has 0 amide bonds.